The standard InChI is InChI=1S/C23H30N6O5S/c24-16(9-14-5-2-1-3-6-14)22(32)29-8-4-7-19(29)21(31)28-18(12-35)20(30)27-17(23(33)34)10-15-11-25-13-26-15/h1-3,5-6,11,13,16-19,35H,4,7-10,12,24H2,(H,25,26)(H,27,30)(H,28,31)(H,33,34). The third-order valence-electron chi connectivity index (χ3n) is 5.86. The van der Waals surface area contributed by atoms with Gasteiger partial charge in [0.05, 0.1) is 12.4 Å². The van der Waals surface area contributed by atoms with Gasteiger partial charge in [-0.3, -0.25) is 14.4 Å². The number of imidazole rings is 1. The Hall–Kier alpha value is -3.38. The minimum absolute atomic E-state index is 0.00147. The van der Waals surface area contributed by atoms with Crippen molar-refractivity contribution in [3.05, 3.63) is 54.1 Å². The number of nitrogens with zero attached hydrogens (tertiary/aromatic N) is 2. The first-order chi connectivity index (χ1) is 16.8. The summed E-state index contributed by atoms with van der Waals surface area (Å²) >= 11 is 4.15. The number of thiol groups is 1. The second-order valence-electron chi connectivity index (χ2n) is 8.41. The predicted octanol–water partition coefficient (Wildman–Crippen LogP) is -0.503. The van der Waals surface area contributed by atoms with E-state index in [1.807, 2.05) is 30.3 Å². The Labute approximate surface area is 208 Å². The van der Waals surface area contributed by atoms with Crippen LogP contribution in [0.3, 0.4) is 0 Å². The van der Waals surface area contributed by atoms with Gasteiger partial charge in [-0.15, -0.1) is 0 Å². The van der Waals surface area contributed by atoms with E-state index in [0.29, 0.717) is 31.5 Å². The maximum atomic E-state index is 13.0. The number of aliphatic carboxylic acids is 1. The number of carbonyl (C=O) groups excluding carboxylic acids is 3. The van der Waals surface area contributed by atoms with Crippen LogP contribution in [0.15, 0.2) is 42.9 Å². The summed E-state index contributed by atoms with van der Waals surface area (Å²) in [4.78, 5) is 58.4. The van der Waals surface area contributed by atoms with Crippen molar-refractivity contribution in [1.29, 1.82) is 0 Å². The van der Waals surface area contributed by atoms with Gasteiger partial charge in [0, 0.05) is 30.6 Å². The molecule has 11 nitrogen and oxygen atoms in total. The number of carboxylic acids is 1. The number of likely N-dealkylation sites (tertiary alicyclic amines) is 1. The number of carbonyl (C=O) groups is 4. The Morgan fingerprint density at radius 2 is 1.91 bits per heavy atom. The number of aromatic amines is 1. The van der Waals surface area contributed by atoms with Crippen LogP contribution < -0.4 is 16.4 Å². The molecule has 2 heterocycles. The average Bonchev–Trinajstić information content (AvgIpc) is 3.54. The number of rotatable bonds is 11. The lowest BCUT2D eigenvalue weighted by atomic mass is 10.0. The molecule has 0 radical (unpaired) electrons. The molecule has 1 saturated heterocycles. The molecule has 3 rings (SSSR count). The van der Waals surface area contributed by atoms with Gasteiger partial charge in [0.1, 0.15) is 18.1 Å². The van der Waals surface area contributed by atoms with E-state index in [9.17, 15) is 24.3 Å². The number of hydrogen-bond acceptors (Lipinski definition) is 7. The van der Waals surface area contributed by atoms with Crippen molar-refractivity contribution in [2.45, 2.75) is 49.9 Å². The number of hydrogen-bond donors (Lipinski definition) is 6. The van der Waals surface area contributed by atoms with Crippen LogP contribution in [0.1, 0.15) is 24.1 Å². The Morgan fingerprint density at radius 3 is 2.54 bits per heavy atom. The van der Waals surface area contributed by atoms with Crippen molar-refractivity contribution >= 4 is 36.3 Å². The topological polar surface area (TPSA) is 171 Å². The van der Waals surface area contributed by atoms with Crippen LogP contribution in [-0.2, 0) is 32.0 Å². The summed E-state index contributed by atoms with van der Waals surface area (Å²) in [5.41, 5.74) is 7.60. The average molecular weight is 503 g/mol. The molecule has 1 fully saturated rings. The van der Waals surface area contributed by atoms with E-state index in [1.165, 1.54) is 17.4 Å². The first-order valence-corrected chi connectivity index (χ1v) is 11.9. The third kappa shape index (κ3) is 7.06. The zero-order valence-corrected chi connectivity index (χ0v) is 20.0. The number of nitrogens with two attached hydrogens (primary N) is 1. The largest absolute Gasteiger partial charge is 0.480 e. The van der Waals surface area contributed by atoms with Crippen molar-refractivity contribution in [3.8, 4) is 0 Å². The summed E-state index contributed by atoms with van der Waals surface area (Å²) in [7, 11) is 0. The molecule has 1 aromatic heterocycles. The highest BCUT2D eigenvalue weighted by Gasteiger charge is 2.37. The van der Waals surface area contributed by atoms with Crippen LogP contribution >= 0.6 is 12.6 Å². The molecule has 6 N–H and O–H groups in total. The third-order valence-corrected chi connectivity index (χ3v) is 6.23. The molecule has 0 spiro atoms. The Kier molecular flexibility index (Phi) is 9.26. The summed E-state index contributed by atoms with van der Waals surface area (Å²) in [6.07, 6.45) is 4.29. The molecule has 0 bridgehead atoms. The minimum atomic E-state index is -1.22. The highest BCUT2D eigenvalue weighted by atomic mass is 32.1. The molecule has 1 aliphatic heterocycles. The van der Waals surface area contributed by atoms with Crippen LogP contribution in [0.4, 0.5) is 0 Å². The SMILES string of the molecule is NC(Cc1ccccc1)C(=O)N1CCCC1C(=O)NC(CS)C(=O)NC(Cc1cnc[nH]1)C(=O)O. The fourth-order valence-corrected chi connectivity index (χ4v) is 4.28. The van der Waals surface area contributed by atoms with Gasteiger partial charge in [0.15, 0.2) is 0 Å². The summed E-state index contributed by atoms with van der Waals surface area (Å²) in [5, 5.41) is 14.5. The fourth-order valence-electron chi connectivity index (χ4n) is 4.02. The van der Waals surface area contributed by atoms with Crippen LogP contribution in [0.25, 0.3) is 0 Å². The van der Waals surface area contributed by atoms with E-state index in [0.717, 1.165) is 5.56 Å². The van der Waals surface area contributed by atoms with Gasteiger partial charge in [-0.05, 0) is 24.8 Å². The molecule has 1 aromatic carbocycles. The summed E-state index contributed by atoms with van der Waals surface area (Å²) in [5.74, 6) is -2.79. The smallest absolute Gasteiger partial charge is 0.326 e. The molecule has 188 valence electrons. The second kappa shape index (κ2) is 12.4. The van der Waals surface area contributed by atoms with Crippen LogP contribution in [0.5, 0.6) is 0 Å². The molecule has 3 amide bonds. The number of aromatic nitrogens is 2. The highest BCUT2D eigenvalue weighted by Crippen LogP contribution is 2.19. The number of amides is 3. The van der Waals surface area contributed by atoms with E-state index in [-0.39, 0.29) is 18.1 Å². The maximum absolute atomic E-state index is 13.0. The van der Waals surface area contributed by atoms with E-state index >= 15 is 0 Å². The van der Waals surface area contributed by atoms with Gasteiger partial charge in [-0.1, -0.05) is 30.3 Å². The molecular weight excluding hydrogens is 472 g/mol. The lowest BCUT2D eigenvalue weighted by Gasteiger charge is -2.28. The van der Waals surface area contributed by atoms with Crippen LogP contribution in [-0.4, -0.2) is 80.1 Å². The summed E-state index contributed by atoms with van der Waals surface area (Å²) in [6, 6.07) is 5.51. The van der Waals surface area contributed by atoms with E-state index in [4.69, 9.17) is 5.73 Å². The monoisotopic (exact) mass is 502 g/mol. The van der Waals surface area contributed by atoms with Crippen molar-refractivity contribution in [2.24, 2.45) is 5.73 Å². The van der Waals surface area contributed by atoms with Crippen LogP contribution in [0, 0.1) is 0 Å². The Bertz CT molecular complexity index is 1020. The highest BCUT2D eigenvalue weighted by molar-refractivity contribution is 7.80. The number of nitrogens with one attached hydrogen (secondary N) is 3. The summed E-state index contributed by atoms with van der Waals surface area (Å²) < 4.78 is 0. The van der Waals surface area contributed by atoms with Crippen molar-refractivity contribution in [1.82, 2.24) is 25.5 Å². The zero-order valence-electron chi connectivity index (χ0n) is 19.1. The van der Waals surface area contributed by atoms with Gasteiger partial charge in [-0.2, -0.15) is 12.6 Å². The van der Waals surface area contributed by atoms with Crippen molar-refractivity contribution in [3.63, 3.8) is 0 Å². The molecule has 12 heteroatoms. The number of H-pyrrole nitrogens is 1. The minimum Gasteiger partial charge on any atom is -0.480 e. The predicted molar refractivity (Wildman–Crippen MR) is 130 cm³/mol. The van der Waals surface area contributed by atoms with Gasteiger partial charge in [0.25, 0.3) is 0 Å². The first-order valence-electron chi connectivity index (χ1n) is 11.3. The molecular formula is C23H30N6O5S. The lowest BCUT2D eigenvalue weighted by molar-refractivity contribution is -0.142. The number of benzene rings is 1. The normalized spacial score (nSPS) is 17.9. The first kappa shape index (κ1) is 26.2. The molecule has 2 aromatic rings. The molecule has 35 heavy (non-hydrogen) atoms. The van der Waals surface area contributed by atoms with Gasteiger partial charge in [-0.25, -0.2) is 9.78 Å². The Morgan fingerprint density at radius 1 is 1.17 bits per heavy atom. The van der Waals surface area contributed by atoms with Crippen LogP contribution in [0.2, 0.25) is 0 Å². The Balaban J connectivity index is 1.59. The van der Waals surface area contributed by atoms with Gasteiger partial charge in [0.2, 0.25) is 17.7 Å². The van der Waals surface area contributed by atoms with E-state index in [1.54, 1.807) is 0 Å². The quantitative estimate of drug-likeness (QED) is 0.225. The van der Waals surface area contributed by atoms with Crippen molar-refractivity contribution < 1.29 is 24.3 Å². The lowest BCUT2D eigenvalue weighted by Crippen LogP contribution is -2.57. The van der Waals surface area contributed by atoms with Gasteiger partial charge >= 0.3 is 5.97 Å². The molecule has 4 atom stereocenters. The molecule has 0 aliphatic carbocycles. The van der Waals surface area contributed by atoms with Gasteiger partial charge < -0.3 is 31.4 Å². The fraction of sp³-hybridized carbons (Fsp3) is 0.435. The zero-order chi connectivity index (χ0) is 25.4. The second-order valence-corrected chi connectivity index (χ2v) is 8.78. The summed E-state index contributed by atoms with van der Waals surface area (Å²) in [6.45, 7) is 0.391. The van der Waals surface area contributed by atoms with E-state index in [2.05, 4.69) is 33.2 Å². The molecule has 4 unspecified atom stereocenters. The molecule has 1 aliphatic rings. The maximum Gasteiger partial charge on any atom is 0.326 e. The van der Waals surface area contributed by atoms with Crippen molar-refractivity contribution in [2.75, 3.05) is 12.3 Å². The van der Waals surface area contributed by atoms with E-state index < -0.39 is 42.0 Å². The number of carboxylic acid groups (broad SMARTS) is 1. The molecule has 0 saturated carbocycles.